The topological polar surface area (TPSA) is 148 Å². The largest absolute Gasteiger partial charge is 0.691 e. The summed E-state index contributed by atoms with van der Waals surface area (Å²) in [6.07, 6.45) is 1.34. The smallest absolute Gasteiger partial charge is 0.593 e. The SMILES string of the molecule is [CH2+]C/C=C(/CCOP(=O)(OO[O-])[P+](=O)[O-])CC(=O)[O-]. The van der Waals surface area contributed by atoms with E-state index in [9.17, 15) is 29.2 Å². The van der Waals surface area contributed by atoms with Crippen LogP contribution in [0.3, 0.4) is 0 Å². The third-order valence-corrected chi connectivity index (χ3v) is 4.71. The van der Waals surface area contributed by atoms with Crippen molar-refractivity contribution in [3.8, 4) is 0 Å². The van der Waals surface area contributed by atoms with E-state index in [-0.39, 0.29) is 6.42 Å². The molecule has 0 aliphatic rings. The molecule has 9 nitrogen and oxygen atoms in total. The molecule has 0 N–H and O–H groups in total. The summed E-state index contributed by atoms with van der Waals surface area (Å²) in [5.41, 5.74) is 0.353. The van der Waals surface area contributed by atoms with Gasteiger partial charge in [0.25, 0.3) is 0 Å². The second kappa shape index (κ2) is 9.17. The van der Waals surface area contributed by atoms with Gasteiger partial charge >= 0.3 is 15.0 Å². The van der Waals surface area contributed by atoms with E-state index < -0.39 is 34.0 Å². The van der Waals surface area contributed by atoms with Gasteiger partial charge in [0, 0.05) is 12.4 Å². The number of carbonyl (C=O) groups is 1. The van der Waals surface area contributed by atoms with Crippen LogP contribution in [0.1, 0.15) is 19.3 Å². The number of rotatable bonds is 10. The van der Waals surface area contributed by atoms with Gasteiger partial charge in [-0.05, 0) is 12.5 Å². The summed E-state index contributed by atoms with van der Waals surface area (Å²) in [6.45, 7) is 3.04. The molecule has 0 aromatic heterocycles. The van der Waals surface area contributed by atoms with Crippen LogP contribution in [0.2, 0.25) is 0 Å². The molecule has 0 aliphatic heterocycles. The normalized spacial score (nSPS) is 15.9. The zero-order valence-electron chi connectivity index (χ0n) is 9.68. The van der Waals surface area contributed by atoms with Crippen molar-refractivity contribution >= 4 is 21.0 Å². The van der Waals surface area contributed by atoms with Crippen LogP contribution >= 0.6 is 15.0 Å². The minimum absolute atomic E-state index is 0.0428. The summed E-state index contributed by atoms with van der Waals surface area (Å²) in [7, 11) is -8.37. The van der Waals surface area contributed by atoms with Crippen LogP contribution in [0.15, 0.2) is 11.6 Å². The van der Waals surface area contributed by atoms with Crippen molar-refractivity contribution in [3.63, 3.8) is 0 Å². The van der Waals surface area contributed by atoms with E-state index in [1.165, 1.54) is 6.08 Å². The van der Waals surface area contributed by atoms with Gasteiger partial charge in [-0.15, -0.1) is 4.67 Å². The number of hydrogen-bond acceptors (Lipinski definition) is 9. The molecule has 2 unspecified atom stereocenters. The van der Waals surface area contributed by atoms with Gasteiger partial charge in [0.1, 0.15) is 6.42 Å². The number of carboxylic acid groups (broad SMARTS) is 1. The van der Waals surface area contributed by atoms with Gasteiger partial charge in [-0.25, -0.2) is 4.57 Å². The van der Waals surface area contributed by atoms with Gasteiger partial charge in [-0.3, -0.25) is 9.56 Å². The van der Waals surface area contributed by atoms with E-state index in [2.05, 4.69) is 21.2 Å². The first-order chi connectivity index (χ1) is 8.85. The van der Waals surface area contributed by atoms with E-state index in [1.807, 2.05) is 0 Å². The summed E-state index contributed by atoms with van der Waals surface area (Å²) in [5, 5.41) is 22.8. The van der Waals surface area contributed by atoms with E-state index >= 15 is 0 Å². The van der Waals surface area contributed by atoms with Crippen LogP contribution in [-0.2, 0) is 28.2 Å². The number of carbonyl (C=O) groups excluding carboxylic acids is 1. The number of allylic oxidation sites excluding steroid dienone is 1. The molecule has 0 saturated carbocycles. The van der Waals surface area contributed by atoms with Crippen LogP contribution in [0, 0.1) is 6.92 Å². The van der Waals surface area contributed by atoms with Crippen molar-refractivity contribution in [2.75, 3.05) is 6.61 Å². The van der Waals surface area contributed by atoms with Gasteiger partial charge in [0.2, 0.25) is 0 Å². The lowest BCUT2D eigenvalue weighted by molar-refractivity contribution is -0.780. The fourth-order valence-corrected chi connectivity index (χ4v) is 2.44. The van der Waals surface area contributed by atoms with Gasteiger partial charge in [-0.1, -0.05) is 10.1 Å². The summed E-state index contributed by atoms with van der Waals surface area (Å²) in [6, 6.07) is 0. The molecule has 0 amide bonds. The van der Waals surface area contributed by atoms with Crippen LogP contribution in [-0.4, -0.2) is 12.6 Å². The standard InChI is InChI=1S/C8H12O9P2/c1-2-3-7(6-8(9)10)4-5-15-19(14,17-16-11)18(12)13/h3H,1-2,4-6H2,(H-,9,10,11)/p-1/b7-3-. The van der Waals surface area contributed by atoms with Crippen molar-refractivity contribution in [2.45, 2.75) is 19.3 Å². The monoisotopic (exact) mass is 313 g/mol. The highest BCUT2D eigenvalue weighted by atomic mass is 32.1. The molecule has 11 heteroatoms. The van der Waals surface area contributed by atoms with Gasteiger partial charge in [0.05, 0.1) is 13.5 Å². The second-order valence-electron chi connectivity index (χ2n) is 3.13. The predicted molar refractivity (Wildman–Crippen MR) is 55.6 cm³/mol. The van der Waals surface area contributed by atoms with E-state index in [4.69, 9.17) is 0 Å². The second-order valence-corrected chi connectivity index (χ2v) is 7.40. The van der Waals surface area contributed by atoms with Crippen LogP contribution in [0.25, 0.3) is 0 Å². The van der Waals surface area contributed by atoms with Crippen molar-refractivity contribution in [3.05, 3.63) is 18.6 Å². The first-order valence-electron chi connectivity index (χ1n) is 4.90. The molecule has 0 saturated heterocycles. The van der Waals surface area contributed by atoms with Gasteiger partial charge in [0.15, 0.2) is 0 Å². The number of carboxylic acids is 1. The molecule has 2 atom stereocenters. The minimum atomic E-state index is -4.69. The van der Waals surface area contributed by atoms with Crippen molar-refractivity contribution in [1.29, 1.82) is 0 Å². The fourth-order valence-electron chi connectivity index (χ4n) is 1.08. The third-order valence-electron chi connectivity index (χ3n) is 1.81. The molecular formula is C8H11O9P2-. The average molecular weight is 313 g/mol. The molecule has 0 radical (unpaired) electrons. The Morgan fingerprint density at radius 1 is 1.47 bits per heavy atom. The van der Waals surface area contributed by atoms with Crippen LogP contribution in [0.4, 0.5) is 0 Å². The Kier molecular flexibility index (Phi) is 8.79. The van der Waals surface area contributed by atoms with Crippen molar-refractivity contribution in [1.82, 2.24) is 0 Å². The molecule has 19 heavy (non-hydrogen) atoms. The Morgan fingerprint density at radius 3 is 2.53 bits per heavy atom. The first-order valence-corrected chi connectivity index (χ1v) is 8.33. The fraction of sp³-hybridized carbons (Fsp3) is 0.500. The van der Waals surface area contributed by atoms with Crippen molar-refractivity contribution < 1.29 is 43.4 Å². The highest BCUT2D eigenvalue weighted by molar-refractivity contribution is 8.20. The number of hydrogen-bond donors (Lipinski definition) is 0. The van der Waals surface area contributed by atoms with E-state index in [1.54, 1.807) is 0 Å². The molecule has 0 heterocycles. The average Bonchev–Trinajstić information content (AvgIpc) is 2.28. The zero-order chi connectivity index (χ0) is 14.9. The molecular weight excluding hydrogens is 302 g/mol. The van der Waals surface area contributed by atoms with Crippen LogP contribution in [0.5, 0.6) is 0 Å². The Bertz CT molecular complexity index is 392. The Morgan fingerprint density at radius 2 is 2.11 bits per heavy atom. The molecule has 0 fully saturated rings. The highest BCUT2D eigenvalue weighted by Gasteiger charge is 2.42. The Labute approximate surface area is 109 Å². The maximum Gasteiger partial charge on any atom is 0.593 e. The summed E-state index contributed by atoms with van der Waals surface area (Å²) in [5.74, 6) is -1.34. The maximum absolute atomic E-state index is 11.3. The number of aliphatic carboxylic acids is 1. The van der Waals surface area contributed by atoms with Gasteiger partial charge < -0.3 is 20.1 Å². The molecule has 0 aliphatic carbocycles. The molecule has 0 rings (SSSR count). The molecule has 0 spiro atoms. The lowest BCUT2D eigenvalue weighted by atomic mass is 10.1. The predicted octanol–water partition coefficient (Wildman–Crippen LogP) is -0.882. The lowest BCUT2D eigenvalue weighted by Gasteiger charge is -2.12. The lowest BCUT2D eigenvalue weighted by Crippen LogP contribution is -2.22. The quantitative estimate of drug-likeness (QED) is 0.165. The Hall–Kier alpha value is -0.790. The molecule has 0 aromatic carbocycles. The van der Waals surface area contributed by atoms with E-state index in [0.717, 1.165) is 0 Å². The zero-order valence-corrected chi connectivity index (χ0v) is 11.5. The third kappa shape index (κ3) is 7.39. The minimum Gasteiger partial charge on any atom is -0.691 e. The molecule has 0 aromatic rings. The highest BCUT2D eigenvalue weighted by Crippen LogP contribution is 2.66. The maximum atomic E-state index is 11.3. The Balaban J connectivity index is 4.45. The summed E-state index contributed by atoms with van der Waals surface area (Å²) in [4.78, 5) is 21.0. The van der Waals surface area contributed by atoms with Gasteiger partial charge in [-0.2, -0.15) is 0 Å². The summed E-state index contributed by atoms with van der Waals surface area (Å²) >= 11 is 0. The van der Waals surface area contributed by atoms with Crippen molar-refractivity contribution in [2.24, 2.45) is 0 Å². The van der Waals surface area contributed by atoms with Crippen LogP contribution < -0.4 is 15.3 Å². The van der Waals surface area contributed by atoms with E-state index in [0.29, 0.717) is 12.0 Å². The first kappa shape index (κ1) is 18.2. The summed E-state index contributed by atoms with van der Waals surface area (Å²) < 4.78 is 29.9. The molecule has 108 valence electrons. The molecule has 0 bridgehead atoms.